The fraction of sp³-hybridized carbons (Fsp3) is 0. The Bertz CT molecular complexity index is 478. The number of hydrogen-bond acceptors (Lipinski definition) is 4. The van der Waals surface area contributed by atoms with E-state index in [1.54, 1.807) is 18.2 Å². The molecule has 5 nitrogen and oxygen atoms in total. The molecule has 0 atom stereocenters. The first-order chi connectivity index (χ1) is 6.20. The van der Waals surface area contributed by atoms with Gasteiger partial charge in [-0.2, -0.15) is 4.68 Å². The molecule has 0 amide bonds. The van der Waals surface area contributed by atoms with Gasteiger partial charge >= 0.3 is 5.37 Å². The maximum atomic E-state index is 10.8. The number of aromatic nitrogens is 3. The molecule has 1 heterocycles. The Balaban J connectivity index is 2.83. The number of hydrogen-bond donors (Lipinski definition) is 1. The summed E-state index contributed by atoms with van der Waals surface area (Å²) in [5.74, 6) is 0. The summed E-state index contributed by atoms with van der Waals surface area (Å²) in [6, 6.07) is 5.06. The quantitative estimate of drug-likeness (QED) is 0.508. The van der Waals surface area contributed by atoms with Crippen molar-refractivity contribution in [2.24, 2.45) is 0 Å². The number of anilines is 1. The van der Waals surface area contributed by atoms with E-state index < -0.39 is 5.37 Å². The third-order valence-corrected chi connectivity index (χ3v) is 1.83. The minimum atomic E-state index is -0.701. The molecule has 1 aromatic heterocycles. The Morgan fingerprint density at radius 1 is 1.54 bits per heavy atom. The molecule has 0 bridgehead atoms. The van der Waals surface area contributed by atoms with Crippen molar-refractivity contribution in [2.45, 2.75) is 0 Å². The van der Waals surface area contributed by atoms with Gasteiger partial charge < -0.3 is 5.73 Å². The van der Waals surface area contributed by atoms with E-state index in [1.807, 2.05) is 0 Å². The predicted molar refractivity (Wildman–Crippen MR) is 48.6 cm³/mol. The van der Waals surface area contributed by atoms with Crippen LogP contribution in [0.5, 0.6) is 0 Å². The summed E-state index contributed by atoms with van der Waals surface area (Å²) in [7, 11) is 0. The van der Waals surface area contributed by atoms with E-state index in [0.717, 1.165) is 4.68 Å². The molecule has 0 aliphatic heterocycles. The predicted octanol–water partition coefficient (Wildman–Crippen LogP) is 1.22. The van der Waals surface area contributed by atoms with Crippen molar-refractivity contribution < 1.29 is 4.79 Å². The molecule has 0 aliphatic carbocycles. The SMILES string of the molecule is Nc1cccc2c1nnn2C(=O)Cl. The third kappa shape index (κ3) is 1.13. The maximum Gasteiger partial charge on any atom is 0.342 e. The van der Waals surface area contributed by atoms with Gasteiger partial charge in [0.25, 0.3) is 0 Å². The molecule has 0 aliphatic rings. The molecule has 2 rings (SSSR count). The fourth-order valence-electron chi connectivity index (χ4n) is 1.10. The molecular formula is C7H5ClN4O. The van der Waals surface area contributed by atoms with Crippen LogP contribution in [0.3, 0.4) is 0 Å². The third-order valence-electron chi connectivity index (χ3n) is 1.67. The number of fused-ring (bicyclic) bond motifs is 1. The maximum absolute atomic E-state index is 10.8. The Kier molecular flexibility index (Phi) is 1.66. The van der Waals surface area contributed by atoms with Crippen LogP contribution in [0.15, 0.2) is 18.2 Å². The first-order valence-electron chi connectivity index (χ1n) is 3.50. The number of carbonyl (C=O) groups is 1. The molecule has 0 saturated heterocycles. The van der Waals surface area contributed by atoms with Crippen molar-refractivity contribution >= 4 is 33.7 Å². The van der Waals surface area contributed by atoms with Crippen LogP contribution >= 0.6 is 11.6 Å². The molecule has 6 heteroatoms. The second-order valence-electron chi connectivity index (χ2n) is 2.47. The fourth-order valence-corrected chi connectivity index (χ4v) is 1.22. The van der Waals surface area contributed by atoms with Crippen molar-refractivity contribution in [3.63, 3.8) is 0 Å². The monoisotopic (exact) mass is 196 g/mol. The Morgan fingerprint density at radius 3 is 3.00 bits per heavy atom. The number of carbonyl (C=O) groups excluding carboxylic acids is 1. The van der Waals surface area contributed by atoms with Gasteiger partial charge in [0.15, 0.2) is 0 Å². The largest absolute Gasteiger partial charge is 0.397 e. The number of benzene rings is 1. The molecular weight excluding hydrogens is 192 g/mol. The normalized spacial score (nSPS) is 10.5. The second-order valence-corrected chi connectivity index (χ2v) is 2.79. The van der Waals surface area contributed by atoms with Crippen LogP contribution in [0, 0.1) is 0 Å². The van der Waals surface area contributed by atoms with E-state index in [4.69, 9.17) is 17.3 Å². The standard InChI is InChI=1S/C7H5ClN4O/c8-7(13)12-5-3-1-2-4(9)6(5)10-11-12/h1-3H,9H2. The highest BCUT2D eigenvalue weighted by atomic mass is 35.5. The first-order valence-corrected chi connectivity index (χ1v) is 3.87. The molecule has 66 valence electrons. The van der Waals surface area contributed by atoms with Gasteiger partial charge in [-0.05, 0) is 23.7 Å². The van der Waals surface area contributed by atoms with Crippen molar-refractivity contribution in [1.82, 2.24) is 15.0 Å². The van der Waals surface area contributed by atoms with Gasteiger partial charge in [-0.15, -0.1) is 5.10 Å². The molecule has 0 spiro atoms. The van der Waals surface area contributed by atoms with Crippen LogP contribution in [-0.4, -0.2) is 20.4 Å². The second kappa shape index (κ2) is 2.70. The number of halogens is 1. The minimum Gasteiger partial charge on any atom is -0.397 e. The summed E-state index contributed by atoms with van der Waals surface area (Å²) in [6.45, 7) is 0. The van der Waals surface area contributed by atoms with Crippen LogP contribution in [-0.2, 0) is 0 Å². The molecule has 13 heavy (non-hydrogen) atoms. The number of nitrogens with zero attached hydrogens (tertiary/aromatic N) is 3. The average molecular weight is 197 g/mol. The topological polar surface area (TPSA) is 73.8 Å². The Morgan fingerprint density at radius 2 is 2.31 bits per heavy atom. The van der Waals surface area contributed by atoms with E-state index in [0.29, 0.717) is 16.7 Å². The zero-order valence-electron chi connectivity index (χ0n) is 6.44. The van der Waals surface area contributed by atoms with Gasteiger partial charge in [-0.25, -0.2) is 0 Å². The number of nitrogens with two attached hydrogens (primary N) is 1. The summed E-state index contributed by atoms with van der Waals surface area (Å²) < 4.78 is 0.993. The average Bonchev–Trinajstić information content (AvgIpc) is 2.48. The molecule has 0 unspecified atom stereocenters. The molecule has 0 radical (unpaired) electrons. The molecule has 2 aromatic rings. The zero-order chi connectivity index (χ0) is 9.42. The van der Waals surface area contributed by atoms with Crippen molar-refractivity contribution in [3.05, 3.63) is 18.2 Å². The first kappa shape index (κ1) is 8.00. The summed E-state index contributed by atoms with van der Waals surface area (Å²) in [4.78, 5) is 10.8. The van der Waals surface area contributed by atoms with E-state index in [-0.39, 0.29) is 0 Å². The lowest BCUT2D eigenvalue weighted by atomic mass is 10.3. The van der Waals surface area contributed by atoms with Gasteiger partial charge in [0, 0.05) is 0 Å². The lowest BCUT2D eigenvalue weighted by Crippen LogP contribution is -2.03. The van der Waals surface area contributed by atoms with Gasteiger partial charge in [-0.3, -0.25) is 4.79 Å². The lowest BCUT2D eigenvalue weighted by molar-refractivity contribution is 0.259. The van der Waals surface area contributed by atoms with Crippen molar-refractivity contribution in [3.8, 4) is 0 Å². The highest BCUT2D eigenvalue weighted by Crippen LogP contribution is 2.17. The number of rotatable bonds is 0. The lowest BCUT2D eigenvalue weighted by Gasteiger charge is -1.94. The number of nitrogen functional groups attached to an aromatic ring is 1. The summed E-state index contributed by atoms with van der Waals surface area (Å²) >= 11 is 5.26. The van der Waals surface area contributed by atoms with Gasteiger partial charge in [0.1, 0.15) is 11.0 Å². The van der Waals surface area contributed by atoms with Gasteiger partial charge in [0.2, 0.25) is 0 Å². The molecule has 1 aromatic carbocycles. The zero-order valence-corrected chi connectivity index (χ0v) is 7.19. The van der Waals surface area contributed by atoms with Crippen LogP contribution in [0.2, 0.25) is 0 Å². The van der Waals surface area contributed by atoms with Crippen LogP contribution < -0.4 is 5.73 Å². The van der Waals surface area contributed by atoms with Crippen LogP contribution in [0.1, 0.15) is 0 Å². The summed E-state index contributed by atoms with van der Waals surface area (Å²) in [5, 5.41) is 6.58. The van der Waals surface area contributed by atoms with E-state index >= 15 is 0 Å². The summed E-state index contributed by atoms with van der Waals surface area (Å²) in [5.41, 5.74) is 7.07. The minimum absolute atomic E-state index is 0.474. The van der Waals surface area contributed by atoms with Crippen molar-refractivity contribution in [1.29, 1.82) is 0 Å². The highest BCUT2D eigenvalue weighted by molar-refractivity contribution is 6.63. The Labute approximate surface area is 78.1 Å². The van der Waals surface area contributed by atoms with Crippen LogP contribution in [0.4, 0.5) is 10.5 Å². The molecule has 0 saturated carbocycles. The molecule has 0 fully saturated rings. The van der Waals surface area contributed by atoms with Crippen LogP contribution in [0.25, 0.3) is 11.0 Å². The van der Waals surface area contributed by atoms with Crippen molar-refractivity contribution in [2.75, 3.05) is 5.73 Å². The van der Waals surface area contributed by atoms with E-state index in [2.05, 4.69) is 10.3 Å². The van der Waals surface area contributed by atoms with E-state index in [9.17, 15) is 4.79 Å². The summed E-state index contributed by atoms with van der Waals surface area (Å²) in [6.07, 6.45) is 0. The van der Waals surface area contributed by atoms with Gasteiger partial charge in [-0.1, -0.05) is 11.3 Å². The molecule has 2 N–H and O–H groups in total. The Hall–Kier alpha value is -1.62. The van der Waals surface area contributed by atoms with E-state index in [1.165, 1.54) is 0 Å². The van der Waals surface area contributed by atoms with Gasteiger partial charge in [0.05, 0.1) is 5.69 Å². The smallest absolute Gasteiger partial charge is 0.342 e. The highest BCUT2D eigenvalue weighted by Gasteiger charge is 2.10.